The van der Waals surface area contributed by atoms with Gasteiger partial charge in [0.15, 0.2) is 11.6 Å². The molecule has 0 radical (unpaired) electrons. The number of alkyl halides is 1. The van der Waals surface area contributed by atoms with Crippen molar-refractivity contribution in [3.63, 3.8) is 0 Å². The molecule has 5 nitrogen and oxygen atoms in total. The SMILES string of the molecule is CC1(C)CCC2(CC(=O)NCCF)CCC3C(C(=O)C=C4C5(C)C=C(C#N)C(=O)C(C)(C)C5CCC43C)C2C1. The molecule has 212 valence electrons. The first-order valence-corrected chi connectivity index (χ1v) is 14.9. The second kappa shape index (κ2) is 9.11. The summed E-state index contributed by atoms with van der Waals surface area (Å²) in [6.45, 7) is 12.4. The van der Waals surface area contributed by atoms with Crippen LogP contribution >= 0.6 is 0 Å². The van der Waals surface area contributed by atoms with Crippen LogP contribution < -0.4 is 5.32 Å². The maximum atomic E-state index is 14.3. The Morgan fingerprint density at radius 1 is 1.05 bits per heavy atom. The van der Waals surface area contributed by atoms with Crippen molar-refractivity contribution < 1.29 is 18.8 Å². The van der Waals surface area contributed by atoms with Crippen LogP contribution in [-0.4, -0.2) is 30.7 Å². The summed E-state index contributed by atoms with van der Waals surface area (Å²) in [5.41, 5.74) is -0.215. The standard InChI is InChI=1S/C33H45FN2O3/c1-29(2)11-12-33(18-26(38)36-14-13-34)10-7-21-27(22(33)17-29)23(37)15-25-31(21,5)9-8-24-30(3,4)28(39)20(19-35)16-32(24,25)6/h15-16,21-22,24,27H,7-14,17-18H2,1-6H3,(H,36,38). The molecule has 39 heavy (non-hydrogen) atoms. The number of halogens is 1. The number of carbonyl (C=O) groups excluding carboxylic acids is 3. The average molecular weight is 537 g/mol. The molecule has 0 aromatic heterocycles. The summed E-state index contributed by atoms with van der Waals surface area (Å²) >= 11 is 0. The molecular weight excluding hydrogens is 491 g/mol. The zero-order valence-electron chi connectivity index (χ0n) is 24.6. The van der Waals surface area contributed by atoms with E-state index in [-0.39, 0.29) is 69.5 Å². The Morgan fingerprint density at radius 3 is 2.44 bits per heavy atom. The van der Waals surface area contributed by atoms with E-state index in [2.05, 4.69) is 39.1 Å². The Bertz CT molecular complexity index is 1210. The molecule has 0 aliphatic heterocycles. The Balaban J connectivity index is 1.59. The van der Waals surface area contributed by atoms with Crippen molar-refractivity contribution >= 4 is 17.5 Å². The van der Waals surface area contributed by atoms with Gasteiger partial charge in [0.05, 0.1) is 5.57 Å². The van der Waals surface area contributed by atoms with Crippen LogP contribution in [0.3, 0.4) is 0 Å². The highest BCUT2D eigenvalue weighted by Gasteiger charge is 2.65. The van der Waals surface area contributed by atoms with Crippen LogP contribution in [-0.2, 0) is 14.4 Å². The second-order valence-electron chi connectivity index (χ2n) is 15.2. The van der Waals surface area contributed by atoms with Gasteiger partial charge in [-0.1, -0.05) is 53.2 Å². The largest absolute Gasteiger partial charge is 0.353 e. The van der Waals surface area contributed by atoms with Crippen LogP contribution in [0.2, 0.25) is 0 Å². The number of nitrogens with one attached hydrogen (secondary N) is 1. The molecule has 7 unspecified atom stereocenters. The van der Waals surface area contributed by atoms with Crippen LogP contribution in [0.15, 0.2) is 23.3 Å². The fourth-order valence-electron chi connectivity index (χ4n) is 10.3. The topological polar surface area (TPSA) is 87.0 Å². The molecule has 0 bridgehead atoms. The summed E-state index contributed by atoms with van der Waals surface area (Å²) in [5.74, 6) is 0.147. The van der Waals surface area contributed by atoms with Crippen molar-refractivity contribution in [2.75, 3.05) is 13.2 Å². The van der Waals surface area contributed by atoms with Crippen molar-refractivity contribution in [3.8, 4) is 6.07 Å². The van der Waals surface area contributed by atoms with Gasteiger partial charge in [-0.05, 0) is 85.0 Å². The van der Waals surface area contributed by atoms with Crippen LogP contribution in [0.5, 0.6) is 0 Å². The molecule has 1 N–H and O–H groups in total. The van der Waals surface area contributed by atoms with E-state index in [0.717, 1.165) is 50.5 Å². The number of hydrogen-bond acceptors (Lipinski definition) is 4. The molecule has 6 heteroatoms. The molecule has 5 rings (SSSR count). The smallest absolute Gasteiger partial charge is 0.220 e. The Kier molecular flexibility index (Phi) is 6.60. The Morgan fingerprint density at radius 2 is 1.77 bits per heavy atom. The van der Waals surface area contributed by atoms with E-state index in [9.17, 15) is 24.0 Å². The number of ketones is 2. The number of rotatable bonds is 4. The zero-order valence-corrected chi connectivity index (χ0v) is 24.6. The summed E-state index contributed by atoms with van der Waals surface area (Å²) in [5, 5.41) is 12.6. The third kappa shape index (κ3) is 4.08. The number of carbonyl (C=O) groups is 3. The van der Waals surface area contributed by atoms with Gasteiger partial charge in [-0.2, -0.15) is 5.26 Å². The molecule has 5 aliphatic carbocycles. The Labute approximate surface area is 233 Å². The summed E-state index contributed by atoms with van der Waals surface area (Å²) in [7, 11) is 0. The molecule has 0 heterocycles. The number of amides is 1. The third-order valence-corrected chi connectivity index (χ3v) is 12.2. The fourth-order valence-corrected chi connectivity index (χ4v) is 10.3. The molecule has 0 saturated heterocycles. The van der Waals surface area contributed by atoms with Crippen molar-refractivity contribution in [3.05, 3.63) is 23.3 Å². The summed E-state index contributed by atoms with van der Waals surface area (Å²) in [4.78, 5) is 40.4. The van der Waals surface area contributed by atoms with Crippen LogP contribution in [0.4, 0.5) is 4.39 Å². The van der Waals surface area contributed by atoms with Gasteiger partial charge in [-0.15, -0.1) is 0 Å². The van der Waals surface area contributed by atoms with E-state index in [4.69, 9.17) is 0 Å². The molecule has 1 amide bonds. The lowest BCUT2D eigenvalue weighted by Gasteiger charge is -2.65. The van der Waals surface area contributed by atoms with E-state index in [0.29, 0.717) is 6.42 Å². The van der Waals surface area contributed by atoms with Crippen molar-refractivity contribution in [2.24, 2.45) is 50.7 Å². The monoisotopic (exact) mass is 536 g/mol. The number of allylic oxidation sites excluding steroid dienone is 4. The van der Waals surface area contributed by atoms with E-state index < -0.39 is 17.5 Å². The van der Waals surface area contributed by atoms with Crippen LogP contribution in [0.1, 0.15) is 92.9 Å². The highest BCUT2D eigenvalue weighted by molar-refractivity contribution is 6.04. The zero-order chi connectivity index (χ0) is 28.6. The van der Waals surface area contributed by atoms with Gasteiger partial charge in [0, 0.05) is 29.7 Å². The summed E-state index contributed by atoms with van der Waals surface area (Å²) in [6, 6.07) is 2.17. The summed E-state index contributed by atoms with van der Waals surface area (Å²) < 4.78 is 12.8. The lowest BCUT2D eigenvalue weighted by atomic mass is 9.38. The molecule has 7 atom stereocenters. The minimum Gasteiger partial charge on any atom is -0.353 e. The van der Waals surface area contributed by atoms with Gasteiger partial charge in [-0.3, -0.25) is 14.4 Å². The molecule has 3 fully saturated rings. The highest BCUT2D eigenvalue weighted by atomic mass is 19.1. The maximum absolute atomic E-state index is 14.3. The lowest BCUT2D eigenvalue weighted by molar-refractivity contribution is -0.153. The third-order valence-electron chi connectivity index (χ3n) is 12.2. The first kappa shape index (κ1) is 28.2. The number of nitriles is 1. The van der Waals surface area contributed by atoms with E-state index in [1.54, 1.807) is 0 Å². The molecule has 5 aliphatic rings. The molecular formula is C33H45FN2O3. The number of hydrogen-bond donors (Lipinski definition) is 1. The van der Waals surface area contributed by atoms with Gasteiger partial charge in [0.25, 0.3) is 0 Å². The first-order valence-electron chi connectivity index (χ1n) is 14.9. The van der Waals surface area contributed by atoms with Gasteiger partial charge in [0.1, 0.15) is 12.7 Å². The van der Waals surface area contributed by atoms with E-state index >= 15 is 0 Å². The summed E-state index contributed by atoms with van der Waals surface area (Å²) in [6.07, 6.45) is 10.6. The van der Waals surface area contributed by atoms with E-state index in [1.807, 2.05) is 26.0 Å². The van der Waals surface area contributed by atoms with Crippen molar-refractivity contribution in [2.45, 2.75) is 92.9 Å². The number of fused-ring (bicyclic) bond motifs is 7. The lowest BCUT2D eigenvalue weighted by Crippen LogP contribution is -2.61. The molecule has 0 spiro atoms. The fraction of sp³-hybridized carbons (Fsp3) is 0.758. The quantitative estimate of drug-likeness (QED) is 0.457. The van der Waals surface area contributed by atoms with Crippen molar-refractivity contribution in [1.82, 2.24) is 5.32 Å². The normalized spacial score (nSPS) is 42.0. The number of Topliss-reactive ketones (excluding diaryl/α,β-unsaturated/α-hetero) is 1. The minimum atomic E-state index is -0.668. The van der Waals surface area contributed by atoms with Gasteiger partial charge in [0.2, 0.25) is 5.91 Å². The second-order valence-corrected chi connectivity index (χ2v) is 15.2. The Hall–Kier alpha value is -2.29. The highest BCUT2D eigenvalue weighted by Crippen LogP contribution is 2.70. The maximum Gasteiger partial charge on any atom is 0.220 e. The molecule has 0 aromatic rings. The molecule has 3 saturated carbocycles. The molecule has 0 aromatic carbocycles. The minimum absolute atomic E-state index is 0.0359. The van der Waals surface area contributed by atoms with Crippen LogP contribution in [0.25, 0.3) is 0 Å². The predicted molar refractivity (Wildman–Crippen MR) is 148 cm³/mol. The average Bonchev–Trinajstić information content (AvgIpc) is 2.86. The van der Waals surface area contributed by atoms with Gasteiger partial charge < -0.3 is 5.32 Å². The van der Waals surface area contributed by atoms with Gasteiger partial charge in [-0.25, -0.2) is 4.39 Å². The van der Waals surface area contributed by atoms with E-state index in [1.165, 1.54) is 0 Å². The van der Waals surface area contributed by atoms with Crippen LogP contribution in [0, 0.1) is 62.1 Å². The first-order chi connectivity index (χ1) is 18.1. The van der Waals surface area contributed by atoms with Crippen molar-refractivity contribution in [1.29, 1.82) is 5.26 Å². The predicted octanol–water partition coefficient (Wildman–Crippen LogP) is 6.29. The number of nitrogens with zero attached hydrogens (tertiary/aromatic N) is 1. The van der Waals surface area contributed by atoms with Gasteiger partial charge >= 0.3 is 0 Å².